The first-order chi connectivity index (χ1) is 9.02. The molecule has 0 spiro atoms. The van der Waals surface area contributed by atoms with E-state index in [1.807, 2.05) is 18.4 Å². The minimum absolute atomic E-state index is 0.282. The smallest absolute Gasteiger partial charge is 0.205 e. The molecular weight excluding hydrogens is 262 g/mol. The second-order valence-electron chi connectivity index (χ2n) is 4.60. The molecule has 0 radical (unpaired) electrons. The van der Waals surface area contributed by atoms with Gasteiger partial charge in [-0.3, -0.25) is 0 Å². The summed E-state index contributed by atoms with van der Waals surface area (Å²) in [5.74, 6) is 3.03. The Morgan fingerprint density at radius 3 is 2.58 bits per heavy atom. The summed E-state index contributed by atoms with van der Waals surface area (Å²) in [6.07, 6.45) is 0. The van der Waals surface area contributed by atoms with E-state index in [4.69, 9.17) is 10.2 Å². The van der Waals surface area contributed by atoms with Gasteiger partial charge >= 0.3 is 0 Å². The average Bonchev–Trinajstić information content (AvgIpc) is 2.91. The number of hydrogen-bond acceptors (Lipinski definition) is 6. The predicted molar refractivity (Wildman–Crippen MR) is 73.8 cm³/mol. The fourth-order valence-corrected chi connectivity index (χ4v) is 2.72. The van der Waals surface area contributed by atoms with Crippen molar-refractivity contribution < 1.29 is 4.42 Å². The molecule has 19 heavy (non-hydrogen) atoms. The van der Waals surface area contributed by atoms with Gasteiger partial charge in [0.15, 0.2) is 5.16 Å². The number of thioether (sulfide) groups is 1. The van der Waals surface area contributed by atoms with Crippen LogP contribution in [0.1, 0.15) is 43.1 Å². The monoisotopic (exact) mass is 281 g/mol. The zero-order valence-corrected chi connectivity index (χ0v) is 12.5. The Kier molecular flexibility index (Phi) is 4.26. The Balaban J connectivity index is 2.13. The molecule has 0 saturated carbocycles. The normalized spacial score (nSPS) is 11.5. The number of nitrogens with two attached hydrogens (primary N) is 1. The van der Waals surface area contributed by atoms with Crippen LogP contribution in [0, 0.1) is 13.8 Å². The fourth-order valence-electron chi connectivity index (χ4n) is 1.79. The van der Waals surface area contributed by atoms with E-state index in [0.717, 1.165) is 22.4 Å². The van der Waals surface area contributed by atoms with Crippen LogP contribution < -0.4 is 5.73 Å². The summed E-state index contributed by atoms with van der Waals surface area (Å²) in [6.45, 7) is 8.43. The van der Waals surface area contributed by atoms with Crippen LogP contribution in [0.15, 0.2) is 9.57 Å². The maximum absolute atomic E-state index is 5.67. The molecule has 0 aliphatic carbocycles. The highest BCUT2D eigenvalue weighted by molar-refractivity contribution is 7.98. The molecule has 104 valence electrons. The van der Waals surface area contributed by atoms with Gasteiger partial charge in [-0.15, -0.1) is 10.2 Å². The summed E-state index contributed by atoms with van der Waals surface area (Å²) in [4.78, 5) is 4.36. The summed E-state index contributed by atoms with van der Waals surface area (Å²) in [7, 11) is 0. The van der Waals surface area contributed by atoms with Crippen LogP contribution in [0.5, 0.6) is 0 Å². The molecule has 6 nitrogen and oxygen atoms in total. The van der Waals surface area contributed by atoms with E-state index in [1.54, 1.807) is 11.8 Å². The van der Waals surface area contributed by atoms with E-state index in [2.05, 4.69) is 29.0 Å². The van der Waals surface area contributed by atoms with Crippen molar-refractivity contribution in [2.24, 2.45) is 5.73 Å². The average molecular weight is 281 g/mol. The Hall–Kier alpha value is -1.34. The van der Waals surface area contributed by atoms with E-state index < -0.39 is 0 Å². The molecule has 0 atom stereocenters. The molecule has 0 unspecified atom stereocenters. The Bertz CT molecular complexity index is 541. The number of nitrogens with zero attached hydrogens (tertiary/aromatic N) is 4. The Morgan fingerprint density at radius 2 is 2.05 bits per heavy atom. The molecule has 0 saturated heterocycles. The van der Waals surface area contributed by atoms with Crippen LogP contribution in [-0.2, 0) is 12.3 Å². The summed E-state index contributed by atoms with van der Waals surface area (Å²) in [6, 6.07) is 0.282. The molecule has 0 aromatic carbocycles. The molecule has 0 amide bonds. The molecule has 0 aliphatic heterocycles. The van der Waals surface area contributed by atoms with Crippen LogP contribution >= 0.6 is 11.8 Å². The topological polar surface area (TPSA) is 82.8 Å². The number of hydrogen-bond donors (Lipinski definition) is 1. The first-order valence-corrected chi connectivity index (χ1v) is 7.21. The molecule has 2 rings (SSSR count). The van der Waals surface area contributed by atoms with Crippen LogP contribution in [0.3, 0.4) is 0 Å². The van der Waals surface area contributed by atoms with Crippen molar-refractivity contribution in [2.45, 2.75) is 51.2 Å². The lowest BCUT2D eigenvalue weighted by Gasteiger charge is -2.12. The van der Waals surface area contributed by atoms with Gasteiger partial charge in [-0.2, -0.15) is 0 Å². The highest BCUT2D eigenvalue weighted by Crippen LogP contribution is 2.25. The van der Waals surface area contributed by atoms with Crippen molar-refractivity contribution in [3.05, 3.63) is 23.2 Å². The molecular formula is C12H19N5OS. The number of aromatic nitrogens is 4. The van der Waals surface area contributed by atoms with Gasteiger partial charge in [0.1, 0.15) is 11.6 Å². The minimum atomic E-state index is 0.282. The van der Waals surface area contributed by atoms with Gasteiger partial charge in [-0.05, 0) is 27.7 Å². The summed E-state index contributed by atoms with van der Waals surface area (Å²) in [5.41, 5.74) is 6.60. The largest absolute Gasteiger partial charge is 0.445 e. The van der Waals surface area contributed by atoms with Gasteiger partial charge < -0.3 is 14.7 Å². The molecule has 2 aromatic heterocycles. The zero-order chi connectivity index (χ0) is 14.0. The lowest BCUT2D eigenvalue weighted by Crippen LogP contribution is -2.11. The molecule has 0 aliphatic rings. The minimum Gasteiger partial charge on any atom is -0.445 e. The predicted octanol–water partition coefficient (Wildman–Crippen LogP) is 2.21. The lowest BCUT2D eigenvalue weighted by atomic mass is 10.4. The third kappa shape index (κ3) is 2.98. The van der Waals surface area contributed by atoms with Crippen LogP contribution in [0.25, 0.3) is 0 Å². The summed E-state index contributed by atoms with van der Waals surface area (Å²) < 4.78 is 7.60. The molecule has 7 heteroatoms. The highest BCUT2D eigenvalue weighted by atomic mass is 32.2. The van der Waals surface area contributed by atoms with E-state index in [0.29, 0.717) is 18.2 Å². The van der Waals surface area contributed by atoms with E-state index in [9.17, 15) is 0 Å². The van der Waals surface area contributed by atoms with Gasteiger partial charge in [0, 0.05) is 6.04 Å². The third-order valence-electron chi connectivity index (χ3n) is 2.83. The maximum atomic E-state index is 5.67. The lowest BCUT2D eigenvalue weighted by molar-refractivity contribution is 0.488. The Morgan fingerprint density at radius 1 is 1.32 bits per heavy atom. The van der Waals surface area contributed by atoms with E-state index in [-0.39, 0.29) is 6.04 Å². The van der Waals surface area contributed by atoms with Gasteiger partial charge in [0.2, 0.25) is 5.89 Å². The van der Waals surface area contributed by atoms with Crippen molar-refractivity contribution >= 4 is 11.8 Å². The third-order valence-corrected chi connectivity index (χ3v) is 3.76. The van der Waals surface area contributed by atoms with Gasteiger partial charge in [0.05, 0.1) is 18.0 Å². The van der Waals surface area contributed by atoms with Crippen molar-refractivity contribution in [3.8, 4) is 0 Å². The van der Waals surface area contributed by atoms with Gasteiger partial charge in [-0.25, -0.2) is 4.98 Å². The van der Waals surface area contributed by atoms with E-state index in [1.165, 1.54) is 0 Å². The SMILES string of the molecule is Cc1nc(CSc2nnc(CN)n2C(C)C)oc1C. The summed E-state index contributed by atoms with van der Waals surface area (Å²) in [5, 5.41) is 9.14. The van der Waals surface area contributed by atoms with Crippen molar-refractivity contribution in [3.63, 3.8) is 0 Å². The number of aryl methyl sites for hydroxylation is 2. The first-order valence-electron chi connectivity index (χ1n) is 6.22. The molecule has 2 N–H and O–H groups in total. The van der Waals surface area contributed by atoms with Gasteiger partial charge in [-0.1, -0.05) is 11.8 Å². The molecule has 0 bridgehead atoms. The van der Waals surface area contributed by atoms with Gasteiger partial charge in [0.25, 0.3) is 0 Å². The fraction of sp³-hybridized carbons (Fsp3) is 0.583. The van der Waals surface area contributed by atoms with Crippen molar-refractivity contribution in [1.29, 1.82) is 0 Å². The van der Waals surface area contributed by atoms with Crippen molar-refractivity contribution in [1.82, 2.24) is 19.7 Å². The van der Waals surface area contributed by atoms with E-state index >= 15 is 0 Å². The second-order valence-corrected chi connectivity index (χ2v) is 5.55. The van der Waals surface area contributed by atoms with Crippen LogP contribution in [0.2, 0.25) is 0 Å². The van der Waals surface area contributed by atoms with Crippen LogP contribution in [0.4, 0.5) is 0 Å². The number of oxazole rings is 1. The standard InChI is InChI=1S/C12H19N5OS/c1-7(2)17-10(5-13)15-16-12(17)19-6-11-14-8(3)9(4)18-11/h7H,5-6,13H2,1-4H3. The molecule has 2 heterocycles. The van der Waals surface area contributed by atoms with Crippen molar-refractivity contribution in [2.75, 3.05) is 0 Å². The molecule has 0 fully saturated rings. The maximum Gasteiger partial charge on any atom is 0.205 e. The first kappa shape index (κ1) is 14.1. The second kappa shape index (κ2) is 5.75. The Labute approximate surface area is 116 Å². The quantitative estimate of drug-likeness (QED) is 0.846. The zero-order valence-electron chi connectivity index (χ0n) is 11.7. The number of rotatable bonds is 5. The highest BCUT2D eigenvalue weighted by Gasteiger charge is 2.15. The van der Waals surface area contributed by atoms with Crippen LogP contribution in [-0.4, -0.2) is 19.7 Å². The molecule has 2 aromatic rings. The summed E-state index contributed by atoms with van der Waals surface area (Å²) >= 11 is 1.56.